The van der Waals surface area contributed by atoms with Crippen LogP contribution in [-0.2, 0) is 4.74 Å². The molecule has 3 aliphatic heterocycles. The maximum atomic E-state index is 12.5. The lowest BCUT2D eigenvalue weighted by molar-refractivity contribution is -0.0386. The summed E-state index contributed by atoms with van der Waals surface area (Å²) < 4.78 is 11.8. The van der Waals surface area contributed by atoms with Crippen LogP contribution < -0.4 is 4.90 Å². The third kappa shape index (κ3) is 3.43. The second-order valence-corrected chi connectivity index (χ2v) is 10.5. The van der Waals surface area contributed by atoms with Crippen molar-refractivity contribution in [1.29, 1.82) is 0 Å². The molecule has 30 heavy (non-hydrogen) atoms. The van der Waals surface area contributed by atoms with Crippen molar-refractivity contribution in [3.8, 4) is 10.6 Å². The highest BCUT2D eigenvalue weighted by Gasteiger charge is 2.49. The first kappa shape index (κ1) is 19.7. The summed E-state index contributed by atoms with van der Waals surface area (Å²) in [5.74, 6) is 0. The van der Waals surface area contributed by atoms with Crippen LogP contribution in [-0.4, -0.2) is 58.0 Å². The molecule has 3 saturated heterocycles. The fourth-order valence-electron chi connectivity index (χ4n) is 4.14. The molecule has 3 aliphatic rings. The van der Waals surface area contributed by atoms with E-state index >= 15 is 0 Å². The highest BCUT2D eigenvalue weighted by Crippen LogP contribution is 2.39. The Labute approximate surface area is 183 Å². The lowest BCUT2D eigenvalue weighted by Crippen LogP contribution is -2.70. The number of ether oxygens (including phenoxy) is 1. The van der Waals surface area contributed by atoms with Gasteiger partial charge >= 0.3 is 6.09 Å². The molecule has 9 heteroatoms. The van der Waals surface area contributed by atoms with Crippen LogP contribution in [0.25, 0.3) is 21.7 Å². The molecule has 158 valence electrons. The quantitative estimate of drug-likeness (QED) is 0.534. The number of piperidine rings is 1. The minimum Gasteiger partial charge on any atom is -0.444 e. The number of thioether (sulfide) groups is 1. The van der Waals surface area contributed by atoms with Crippen molar-refractivity contribution in [3.63, 3.8) is 0 Å². The molecule has 1 aromatic carbocycles. The van der Waals surface area contributed by atoms with E-state index in [2.05, 4.69) is 28.3 Å². The molecule has 2 unspecified atom stereocenters. The Morgan fingerprint density at radius 1 is 1.30 bits per heavy atom. The average molecular weight is 445 g/mol. The molecule has 1 amide bonds. The molecule has 7 nitrogen and oxygen atoms in total. The number of rotatable bonds is 3. The van der Waals surface area contributed by atoms with Crippen molar-refractivity contribution in [1.82, 2.24) is 14.9 Å². The smallest absolute Gasteiger partial charge is 0.410 e. The molecule has 2 aromatic heterocycles. The van der Waals surface area contributed by atoms with E-state index in [1.54, 1.807) is 29.3 Å². The summed E-state index contributed by atoms with van der Waals surface area (Å²) in [5, 5.41) is 2.89. The van der Waals surface area contributed by atoms with Gasteiger partial charge in [-0.25, -0.2) is 9.78 Å². The summed E-state index contributed by atoms with van der Waals surface area (Å²) in [5.41, 5.74) is 2.09. The van der Waals surface area contributed by atoms with E-state index in [0.717, 1.165) is 33.0 Å². The van der Waals surface area contributed by atoms with Crippen LogP contribution in [0.1, 0.15) is 27.2 Å². The van der Waals surface area contributed by atoms with E-state index in [0.29, 0.717) is 19.1 Å². The molecule has 2 bridgehead atoms. The van der Waals surface area contributed by atoms with Gasteiger partial charge in [0.25, 0.3) is 6.01 Å². The minimum absolute atomic E-state index is 0.133. The topological polar surface area (TPSA) is 71.7 Å². The molecule has 0 N–H and O–H groups in total. The van der Waals surface area contributed by atoms with Crippen molar-refractivity contribution < 1.29 is 13.9 Å². The van der Waals surface area contributed by atoms with Gasteiger partial charge < -0.3 is 14.1 Å². The molecule has 3 aromatic rings. The Morgan fingerprint density at radius 2 is 2.07 bits per heavy atom. The summed E-state index contributed by atoms with van der Waals surface area (Å²) in [4.78, 5) is 26.9. The third-order valence-electron chi connectivity index (χ3n) is 5.42. The van der Waals surface area contributed by atoms with E-state index in [9.17, 15) is 4.79 Å². The Bertz CT molecular complexity index is 1080. The molecule has 2 atom stereocenters. The van der Waals surface area contributed by atoms with Crippen molar-refractivity contribution in [3.05, 3.63) is 23.7 Å². The number of oxazole rings is 1. The molecule has 0 aliphatic carbocycles. The zero-order chi connectivity index (χ0) is 21.0. The van der Waals surface area contributed by atoms with Crippen LogP contribution in [0.5, 0.6) is 0 Å². The van der Waals surface area contributed by atoms with E-state index < -0.39 is 5.60 Å². The van der Waals surface area contributed by atoms with Crippen LogP contribution in [0.3, 0.4) is 0 Å². The fourth-order valence-corrected chi connectivity index (χ4v) is 5.26. The van der Waals surface area contributed by atoms with Crippen molar-refractivity contribution in [2.75, 3.05) is 24.2 Å². The van der Waals surface area contributed by atoms with Crippen molar-refractivity contribution in [2.24, 2.45) is 0 Å². The van der Waals surface area contributed by atoms with Gasteiger partial charge in [0, 0.05) is 29.6 Å². The van der Waals surface area contributed by atoms with E-state index in [1.165, 1.54) is 0 Å². The maximum Gasteiger partial charge on any atom is 0.410 e. The highest BCUT2D eigenvalue weighted by atomic mass is 32.2. The summed E-state index contributed by atoms with van der Waals surface area (Å²) in [7, 11) is 0. The number of anilines is 1. The van der Waals surface area contributed by atoms with Gasteiger partial charge in [0.1, 0.15) is 16.1 Å². The third-order valence-corrected chi connectivity index (χ3v) is 6.93. The van der Waals surface area contributed by atoms with Gasteiger partial charge in [-0.3, -0.25) is 4.90 Å². The van der Waals surface area contributed by atoms with Gasteiger partial charge in [-0.2, -0.15) is 4.98 Å². The van der Waals surface area contributed by atoms with Crippen molar-refractivity contribution in [2.45, 2.75) is 49.8 Å². The monoisotopic (exact) mass is 444 g/mol. The normalized spacial score (nSPS) is 21.1. The zero-order valence-corrected chi connectivity index (χ0v) is 19.0. The zero-order valence-electron chi connectivity index (χ0n) is 17.4. The van der Waals surface area contributed by atoms with Gasteiger partial charge in [0.05, 0.1) is 17.6 Å². The number of thiazole rings is 1. The van der Waals surface area contributed by atoms with E-state index in [4.69, 9.17) is 14.1 Å². The maximum absolute atomic E-state index is 12.5. The average Bonchev–Trinajstić information content (AvgIpc) is 3.35. The summed E-state index contributed by atoms with van der Waals surface area (Å²) >= 11 is 3.27. The largest absolute Gasteiger partial charge is 0.444 e. The molecule has 0 saturated carbocycles. The van der Waals surface area contributed by atoms with Crippen LogP contribution in [0.15, 0.2) is 33.0 Å². The Balaban J connectivity index is 1.41. The lowest BCUT2D eigenvalue weighted by atomic mass is 9.88. The predicted octanol–water partition coefficient (Wildman–Crippen LogP) is 4.87. The number of aromatic nitrogens is 2. The summed E-state index contributed by atoms with van der Waals surface area (Å²) in [6, 6.07) is 5.04. The first-order valence-electron chi connectivity index (χ1n) is 9.97. The second-order valence-electron chi connectivity index (χ2n) is 8.69. The van der Waals surface area contributed by atoms with E-state index in [-0.39, 0.29) is 18.2 Å². The van der Waals surface area contributed by atoms with Crippen LogP contribution in [0.4, 0.5) is 10.8 Å². The fraction of sp³-hybridized carbons (Fsp3) is 0.476. The Morgan fingerprint density at radius 3 is 2.70 bits per heavy atom. The standard InChI is InChI=1S/C21H24N4O3S2/c1-21(2,3)28-20(26)25-12-7-13(25)11-24(10-12)19-23-16-9-14(29-4)8-15(17(16)27-19)18-22-5-6-30-18/h5-6,8-9,12-13H,7,10-11H2,1-4H3. The molecule has 0 radical (unpaired) electrons. The number of benzene rings is 1. The number of carbonyl (C=O) groups excluding carboxylic acids is 1. The molecule has 0 spiro atoms. The second kappa shape index (κ2) is 7.16. The first-order valence-corrected chi connectivity index (χ1v) is 12.1. The van der Waals surface area contributed by atoms with Crippen LogP contribution >= 0.6 is 23.1 Å². The Hall–Kier alpha value is -2.26. The minimum atomic E-state index is -0.484. The van der Waals surface area contributed by atoms with Gasteiger partial charge in [-0.05, 0) is 45.6 Å². The van der Waals surface area contributed by atoms with Crippen LogP contribution in [0.2, 0.25) is 0 Å². The number of amides is 1. The number of hydrogen-bond donors (Lipinski definition) is 0. The van der Waals surface area contributed by atoms with Gasteiger partial charge in [0.2, 0.25) is 0 Å². The number of fused-ring (bicyclic) bond motifs is 3. The molecule has 3 fully saturated rings. The van der Waals surface area contributed by atoms with E-state index in [1.807, 2.05) is 31.1 Å². The molecule has 6 rings (SSSR count). The van der Waals surface area contributed by atoms with Crippen LogP contribution in [0, 0.1) is 0 Å². The molecular weight excluding hydrogens is 420 g/mol. The van der Waals surface area contributed by atoms with Gasteiger partial charge in [-0.15, -0.1) is 23.1 Å². The predicted molar refractivity (Wildman–Crippen MR) is 119 cm³/mol. The van der Waals surface area contributed by atoms with Gasteiger partial charge in [0.15, 0.2) is 5.58 Å². The Kier molecular flexibility index (Phi) is 4.70. The van der Waals surface area contributed by atoms with Crippen molar-refractivity contribution >= 4 is 46.3 Å². The summed E-state index contributed by atoms with van der Waals surface area (Å²) in [6.45, 7) is 7.09. The molecule has 5 heterocycles. The molecular formula is C21H24N4O3S2. The number of nitrogens with zero attached hydrogens (tertiary/aromatic N) is 4. The SMILES string of the molecule is CSc1cc(-c2nccs2)c2oc(N3CC4CC(C3)N4C(=O)OC(C)(C)C)nc2c1. The first-order chi connectivity index (χ1) is 14.3. The highest BCUT2D eigenvalue weighted by molar-refractivity contribution is 7.98. The summed E-state index contributed by atoms with van der Waals surface area (Å²) in [6.07, 6.45) is 4.63. The number of carbonyl (C=O) groups is 1. The van der Waals surface area contributed by atoms with Gasteiger partial charge in [-0.1, -0.05) is 0 Å². The lowest BCUT2D eigenvalue weighted by Gasteiger charge is -2.55. The number of piperazine rings is 1. The number of hydrogen-bond acceptors (Lipinski definition) is 8.